The molecule has 4 heteroatoms. The predicted molar refractivity (Wildman–Crippen MR) is 58.4 cm³/mol. The molecule has 4 nitrogen and oxygen atoms in total. The number of ether oxygens (including phenoxy) is 1. The number of nitrogens with two attached hydrogens (primary N) is 1. The first-order chi connectivity index (χ1) is 7.31. The summed E-state index contributed by atoms with van der Waals surface area (Å²) in [6, 6.07) is 9.68. The Labute approximate surface area is 87.7 Å². The predicted octanol–water partition coefficient (Wildman–Crippen LogP) is 1.73. The zero-order chi connectivity index (χ0) is 10.7. The second kappa shape index (κ2) is 3.96. The van der Waals surface area contributed by atoms with Gasteiger partial charge in [0, 0.05) is 5.56 Å². The Kier molecular flexibility index (Phi) is 2.49. The Morgan fingerprint density at radius 1 is 1.20 bits per heavy atom. The number of methoxy groups -OCH3 is 1. The van der Waals surface area contributed by atoms with Crippen molar-refractivity contribution in [1.29, 1.82) is 0 Å². The monoisotopic (exact) mass is 201 g/mol. The van der Waals surface area contributed by atoms with Gasteiger partial charge in [0.05, 0.1) is 13.3 Å². The van der Waals surface area contributed by atoms with E-state index in [2.05, 4.69) is 9.97 Å². The second-order valence-electron chi connectivity index (χ2n) is 3.02. The van der Waals surface area contributed by atoms with Crippen LogP contribution in [0, 0.1) is 0 Å². The van der Waals surface area contributed by atoms with Crippen molar-refractivity contribution in [3.8, 4) is 17.3 Å². The zero-order valence-corrected chi connectivity index (χ0v) is 8.34. The van der Waals surface area contributed by atoms with Crippen molar-refractivity contribution in [2.75, 3.05) is 12.8 Å². The minimum atomic E-state index is 0.406. The highest BCUT2D eigenvalue weighted by Crippen LogP contribution is 2.21. The fraction of sp³-hybridized carbons (Fsp3) is 0.0909. The highest BCUT2D eigenvalue weighted by molar-refractivity contribution is 5.58. The normalized spacial score (nSPS) is 9.93. The highest BCUT2D eigenvalue weighted by Gasteiger charge is 2.05. The SMILES string of the molecule is COc1nc(-c2ccccc2)ncc1N. The molecule has 76 valence electrons. The van der Waals surface area contributed by atoms with Crippen molar-refractivity contribution < 1.29 is 4.74 Å². The summed E-state index contributed by atoms with van der Waals surface area (Å²) in [5.74, 6) is 1.02. The van der Waals surface area contributed by atoms with E-state index in [0.717, 1.165) is 5.56 Å². The van der Waals surface area contributed by atoms with E-state index < -0.39 is 0 Å². The molecule has 15 heavy (non-hydrogen) atoms. The summed E-state index contributed by atoms with van der Waals surface area (Å²) in [4.78, 5) is 8.34. The molecule has 0 atom stereocenters. The minimum absolute atomic E-state index is 0.406. The van der Waals surface area contributed by atoms with E-state index in [1.165, 1.54) is 7.11 Å². The number of anilines is 1. The van der Waals surface area contributed by atoms with Crippen LogP contribution in [0.4, 0.5) is 5.69 Å². The summed E-state index contributed by atoms with van der Waals surface area (Å²) in [5, 5.41) is 0. The zero-order valence-electron chi connectivity index (χ0n) is 8.34. The molecule has 0 radical (unpaired) electrons. The Morgan fingerprint density at radius 2 is 1.93 bits per heavy atom. The molecule has 0 unspecified atom stereocenters. The lowest BCUT2D eigenvalue weighted by molar-refractivity contribution is 0.400. The molecule has 0 spiro atoms. The van der Waals surface area contributed by atoms with Crippen LogP contribution in [0.2, 0.25) is 0 Å². The third-order valence-electron chi connectivity index (χ3n) is 2.01. The highest BCUT2D eigenvalue weighted by atomic mass is 16.5. The number of nitrogens with zero attached hydrogens (tertiary/aromatic N) is 2. The van der Waals surface area contributed by atoms with E-state index in [9.17, 15) is 0 Å². The van der Waals surface area contributed by atoms with Crippen LogP contribution in [0.25, 0.3) is 11.4 Å². The van der Waals surface area contributed by atoms with Gasteiger partial charge in [-0.3, -0.25) is 0 Å². The Morgan fingerprint density at radius 3 is 2.60 bits per heavy atom. The molecule has 2 rings (SSSR count). The summed E-state index contributed by atoms with van der Waals surface area (Å²) in [6.45, 7) is 0. The number of aromatic nitrogens is 2. The molecule has 0 fully saturated rings. The molecule has 0 aliphatic carbocycles. The Balaban J connectivity index is 2.46. The van der Waals surface area contributed by atoms with E-state index in [4.69, 9.17) is 10.5 Å². The van der Waals surface area contributed by atoms with Crippen LogP contribution in [-0.4, -0.2) is 17.1 Å². The maximum absolute atomic E-state index is 5.63. The molecular formula is C11H11N3O. The van der Waals surface area contributed by atoms with E-state index >= 15 is 0 Å². The van der Waals surface area contributed by atoms with Crippen LogP contribution < -0.4 is 10.5 Å². The smallest absolute Gasteiger partial charge is 0.240 e. The van der Waals surface area contributed by atoms with Crippen molar-refractivity contribution in [2.24, 2.45) is 0 Å². The molecule has 0 aliphatic rings. The van der Waals surface area contributed by atoms with Crippen LogP contribution in [0.3, 0.4) is 0 Å². The van der Waals surface area contributed by atoms with Crippen molar-refractivity contribution in [1.82, 2.24) is 9.97 Å². The first-order valence-electron chi connectivity index (χ1n) is 4.53. The maximum atomic E-state index is 5.63. The van der Waals surface area contributed by atoms with Crippen LogP contribution in [0.1, 0.15) is 0 Å². The molecule has 0 saturated heterocycles. The van der Waals surface area contributed by atoms with Gasteiger partial charge in [-0.1, -0.05) is 30.3 Å². The lowest BCUT2D eigenvalue weighted by Crippen LogP contribution is -1.98. The van der Waals surface area contributed by atoms with E-state index in [-0.39, 0.29) is 0 Å². The number of hydrogen-bond donors (Lipinski definition) is 1. The van der Waals surface area contributed by atoms with E-state index in [0.29, 0.717) is 17.4 Å². The quantitative estimate of drug-likeness (QED) is 0.803. The van der Waals surface area contributed by atoms with Crippen molar-refractivity contribution >= 4 is 5.69 Å². The van der Waals surface area contributed by atoms with Gasteiger partial charge in [0.15, 0.2) is 5.82 Å². The topological polar surface area (TPSA) is 61.0 Å². The average Bonchev–Trinajstić information content (AvgIpc) is 2.31. The molecule has 2 N–H and O–H groups in total. The minimum Gasteiger partial charge on any atom is -0.479 e. The first-order valence-corrected chi connectivity index (χ1v) is 4.53. The van der Waals surface area contributed by atoms with E-state index in [1.807, 2.05) is 30.3 Å². The van der Waals surface area contributed by atoms with Crippen molar-refractivity contribution in [3.63, 3.8) is 0 Å². The molecule has 1 heterocycles. The molecule has 0 amide bonds. The summed E-state index contributed by atoms with van der Waals surface area (Å²) in [5.41, 5.74) is 7.01. The second-order valence-corrected chi connectivity index (χ2v) is 3.02. The van der Waals surface area contributed by atoms with Crippen LogP contribution >= 0.6 is 0 Å². The lowest BCUT2D eigenvalue weighted by atomic mass is 10.2. The number of nitrogen functional groups attached to an aromatic ring is 1. The van der Waals surface area contributed by atoms with Gasteiger partial charge in [-0.05, 0) is 0 Å². The van der Waals surface area contributed by atoms with Gasteiger partial charge in [-0.2, -0.15) is 4.98 Å². The molecule has 1 aromatic carbocycles. The third kappa shape index (κ3) is 1.88. The summed E-state index contributed by atoms with van der Waals surface area (Å²) in [6.07, 6.45) is 1.55. The third-order valence-corrected chi connectivity index (χ3v) is 2.01. The van der Waals surface area contributed by atoms with Gasteiger partial charge < -0.3 is 10.5 Å². The molecule has 1 aromatic heterocycles. The fourth-order valence-electron chi connectivity index (χ4n) is 1.27. The summed E-state index contributed by atoms with van der Waals surface area (Å²) >= 11 is 0. The van der Waals surface area contributed by atoms with Gasteiger partial charge in [-0.15, -0.1) is 0 Å². The van der Waals surface area contributed by atoms with Crippen LogP contribution in [0.5, 0.6) is 5.88 Å². The largest absolute Gasteiger partial charge is 0.479 e. The van der Waals surface area contributed by atoms with Crippen LogP contribution in [0.15, 0.2) is 36.5 Å². The molecule has 0 saturated carbocycles. The summed E-state index contributed by atoms with van der Waals surface area (Å²) in [7, 11) is 1.54. The molecule has 2 aromatic rings. The maximum Gasteiger partial charge on any atom is 0.240 e. The van der Waals surface area contributed by atoms with Crippen LogP contribution in [-0.2, 0) is 0 Å². The van der Waals surface area contributed by atoms with Gasteiger partial charge in [0.1, 0.15) is 5.69 Å². The van der Waals surface area contributed by atoms with E-state index in [1.54, 1.807) is 6.20 Å². The average molecular weight is 201 g/mol. The number of hydrogen-bond acceptors (Lipinski definition) is 4. The molecular weight excluding hydrogens is 190 g/mol. The lowest BCUT2D eigenvalue weighted by Gasteiger charge is -2.04. The molecule has 0 aliphatic heterocycles. The first kappa shape index (κ1) is 9.45. The number of rotatable bonds is 2. The molecule has 0 bridgehead atoms. The Bertz CT molecular complexity index is 457. The van der Waals surface area contributed by atoms with Gasteiger partial charge in [-0.25, -0.2) is 4.98 Å². The van der Waals surface area contributed by atoms with Gasteiger partial charge in [0.2, 0.25) is 5.88 Å². The Hall–Kier alpha value is -2.10. The summed E-state index contributed by atoms with van der Waals surface area (Å²) < 4.78 is 5.03. The van der Waals surface area contributed by atoms with Gasteiger partial charge in [0.25, 0.3) is 0 Å². The van der Waals surface area contributed by atoms with Crippen molar-refractivity contribution in [3.05, 3.63) is 36.5 Å². The van der Waals surface area contributed by atoms with Gasteiger partial charge >= 0.3 is 0 Å². The fourth-order valence-corrected chi connectivity index (χ4v) is 1.27. The van der Waals surface area contributed by atoms with Crippen molar-refractivity contribution in [2.45, 2.75) is 0 Å². The number of benzene rings is 1. The standard InChI is InChI=1S/C11H11N3O/c1-15-11-9(12)7-13-10(14-11)8-5-3-2-4-6-8/h2-7H,12H2,1H3.